The number of benzene rings is 1. The summed E-state index contributed by atoms with van der Waals surface area (Å²) in [7, 11) is -3.92. The number of alkyl carbamates (subject to hydrolysis) is 1. The number of halogens is 1. The second-order valence-electron chi connectivity index (χ2n) is 15.2. The maximum Gasteiger partial charge on any atom is 0.410 e. The van der Waals surface area contributed by atoms with Crippen LogP contribution in [0.25, 0.3) is 0 Å². The van der Waals surface area contributed by atoms with Crippen LogP contribution in [0.15, 0.2) is 30.4 Å². The Morgan fingerprint density at radius 3 is 2.53 bits per heavy atom. The molecule has 1 saturated heterocycles. The summed E-state index contributed by atoms with van der Waals surface area (Å²) in [6, 6.07) is 2.30. The van der Waals surface area contributed by atoms with Crippen molar-refractivity contribution in [3.63, 3.8) is 0 Å². The van der Waals surface area contributed by atoms with Crippen LogP contribution in [0.3, 0.4) is 0 Å². The molecule has 0 radical (unpaired) electrons. The van der Waals surface area contributed by atoms with E-state index in [4.69, 9.17) is 9.47 Å². The highest BCUT2D eigenvalue weighted by Gasteiger charge is 2.62. The van der Waals surface area contributed by atoms with Gasteiger partial charge in [0.05, 0.1) is 18.3 Å². The molecule has 0 aromatic heterocycles. The minimum Gasteiger partial charge on any atom is -0.444 e. The molecule has 51 heavy (non-hydrogen) atoms. The van der Waals surface area contributed by atoms with Crippen LogP contribution in [0.5, 0.6) is 0 Å². The minimum absolute atomic E-state index is 0.00168. The highest BCUT2D eigenvalue weighted by atomic mass is 32.2. The van der Waals surface area contributed by atoms with Crippen LogP contribution in [-0.4, -0.2) is 89.2 Å². The van der Waals surface area contributed by atoms with Crippen LogP contribution in [0.4, 0.5) is 14.0 Å². The van der Waals surface area contributed by atoms with Gasteiger partial charge in [-0.1, -0.05) is 37.1 Å². The topological polar surface area (TPSA) is 181 Å². The van der Waals surface area contributed by atoms with Crippen LogP contribution >= 0.6 is 0 Å². The number of allylic oxidation sites excluding steroid dienone is 1. The SMILES string of the molecule is CC(C)(C)OC(=O)NC1CCCCC/C=C/C2CC2(C(=O)NS(=O)(=O)C2CC2)NC(=O)C2CC(OC(=O)N3Cc4cccc(F)c4C3)CN2C1=O. The van der Waals surface area contributed by atoms with E-state index in [1.165, 1.54) is 15.9 Å². The van der Waals surface area contributed by atoms with E-state index in [0.29, 0.717) is 36.8 Å². The number of rotatable bonds is 5. The standard InChI is InChI=1S/C35H46FN5O9S/c1-34(2,3)50-32(45)37-27-13-8-6-4-5-7-11-22-17-35(22,31(44)39-51(47,48)24-14-15-24)38-29(42)28-16-23(19-41(28)30(27)43)49-33(46)40-18-21-10-9-12-26(36)25(21)20-40/h7,9-12,22-24,27-28H,4-6,8,13-20H2,1-3H3,(H,37,45)(H,38,42)(H,39,44)/b11-7+. The molecule has 16 heteroatoms. The number of nitrogens with one attached hydrogen (secondary N) is 3. The normalized spacial score (nSPS) is 28.9. The molecule has 5 amide bonds. The van der Waals surface area contributed by atoms with E-state index in [1.54, 1.807) is 32.9 Å². The van der Waals surface area contributed by atoms with E-state index in [0.717, 1.165) is 12.8 Å². The first-order valence-electron chi connectivity index (χ1n) is 17.6. The molecule has 2 aliphatic carbocycles. The second kappa shape index (κ2) is 14.1. The van der Waals surface area contributed by atoms with Gasteiger partial charge < -0.3 is 25.0 Å². The fraction of sp³-hybridized carbons (Fsp3) is 0.629. The lowest BCUT2D eigenvalue weighted by Crippen LogP contribution is -2.58. The Morgan fingerprint density at radius 1 is 1.06 bits per heavy atom. The molecule has 5 unspecified atom stereocenters. The molecule has 3 aliphatic heterocycles. The predicted octanol–water partition coefficient (Wildman–Crippen LogP) is 3.14. The predicted molar refractivity (Wildman–Crippen MR) is 180 cm³/mol. The summed E-state index contributed by atoms with van der Waals surface area (Å²) in [5, 5.41) is 4.79. The number of hydrogen-bond donors (Lipinski definition) is 3. The van der Waals surface area contributed by atoms with Gasteiger partial charge in [-0.2, -0.15) is 0 Å². The Hall–Kier alpha value is -4.21. The van der Waals surface area contributed by atoms with Gasteiger partial charge in [0.15, 0.2) is 0 Å². The number of carbonyl (C=O) groups is 5. The highest BCUT2D eigenvalue weighted by molar-refractivity contribution is 7.91. The van der Waals surface area contributed by atoms with Gasteiger partial charge in [0.1, 0.15) is 35.1 Å². The molecule has 5 aliphatic rings. The van der Waals surface area contributed by atoms with E-state index in [9.17, 15) is 36.8 Å². The van der Waals surface area contributed by atoms with Crippen molar-refractivity contribution >= 4 is 39.9 Å². The van der Waals surface area contributed by atoms with Gasteiger partial charge in [-0.05, 0) is 70.9 Å². The molecule has 3 fully saturated rings. The number of ether oxygens (including phenoxy) is 2. The van der Waals surface area contributed by atoms with Crippen LogP contribution in [0.2, 0.25) is 0 Å². The summed E-state index contributed by atoms with van der Waals surface area (Å²) in [4.78, 5) is 70.8. The molecule has 0 spiro atoms. The maximum atomic E-state index is 14.4. The zero-order valence-corrected chi connectivity index (χ0v) is 29.9. The van der Waals surface area contributed by atoms with Gasteiger partial charge in [-0.25, -0.2) is 22.4 Å². The van der Waals surface area contributed by atoms with Crippen molar-refractivity contribution < 1.29 is 46.3 Å². The first-order chi connectivity index (χ1) is 24.1. The lowest BCUT2D eigenvalue weighted by Gasteiger charge is -2.30. The maximum absolute atomic E-state index is 14.4. The Labute approximate surface area is 296 Å². The lowest BCUT2D eigenvalue weighted by atomic mass is 10.0. The zero-order chi connectivity index (χ0) is 36.7. The van der Waals surface area contributed by atoms with Crippen molar-refractivity contribution in [1.29, 1.82) is 0 Å². The van der Waals surface area contributed by atoms with Crippen LogP contribution < -0.4 is 15.4 Å². The number of sulfonamides is 1. The average Bonchev–Trinajstić information content (AvgIpc) is 3.93. The molecule has 1 aromatic carbocycles. The first kappa shape index (κ1) is 36.6. The third kappa shape index (κ3) is 8.31. The highest BCUT2D eigenvalue weighted by Crippen LogP contribution is 2.46. The first-order valence-corrected chi connectivity index (χ1v) is 19.2. The molecule has 2 saturated carbocycles. The Morgan fingerprint density at radius 2 is 1.82 bits per heavy atom. The second-order valence-corrected chi connectivity index (χ2v) is 17.2. The van der Waals surface area contributed by atoms with Gasteiger partial charge in [-0.3, -0.25) is 24.0 Å². The number of carbonyl (C=O) groups excluding carboxylic acids is 5. The quantitative estimate of drug-likeness (QED) is 0.384. The number of hydrogen-bond acceptors (Lipinski definition) is 9. The van der Waals surface area contributed by atoms with Crippen molar-refractivity contribution in [2.24, 2.45) is 5.92 Å². The molecular formula is C35H46FN5O9S. The van der Waals surface area contributed by atoms with E-state index in [2.05, 4.69) is 15.4 Å². The van der Waals surface area contributed by atoms with E-state index < -0.39 is 86.2 Å². The summed E-state index contributed by atoms with van der Waals surface area (Å²) in [5.74, 6) is -3.06. The molecule has 14 nitrogen and oxygen atoms in total. The molecule has 1 aromatic rings. The van der Waals surface area contributed by atoms with Crippen molar-refractivity contribution in [3.05, 3.63) is 47.3 Å². The smallest absolute Gasteiger partial charge is 0.410 e. The number of fused-ring (bicyclic) bond motifs is 3. The molecule has 6 rings (SSSR count). The summed E-state index contributed by atoms with van der Waals surface area (Å²) in [6.45, 7) is 5.01. The van der Waals surface area contributed by atoms with Crippen molar-refractivity contribution in [1.82, 2.24) is 25.2 Å². The average molecular weight is 732 g/mol. The zero-order valence-electron chi connectivity index (χ0n) is 29.1. The van der Waals surface area contributed by atoms with Gasteiger partial charge >= 0.3 is 12.2 Å². The number of amides is 5. The monoisotopic (exact) mass is 731 g/mol. The third-order valence-electron chi connectivity index (χ3n) is 9.99. The minimum atomic E-state index is -3.92. The Balaban J connectivity index is 1.25. The van der Waals surface area contributed by atoms with Crippen LogP contribution in [0.1, 0.15) is 89.7 Å². The summed E-state index contributed by atoms with van der Waals surface area (Å²) in [6.07, 6.45) is 5.10. The lowest BCUT2D eigenvalue weighted by molar-refractivity contribution is -0.141. The molecule has 3 N–H and O–H groups in total. The van der Waals surface area contributed by atoms with Gasteiger partial charge in [0.25, 0.3) is 5.91 Å². The van der Waals surface area contributed by atoms with Gasteiger partial charge in [0, 0.05) is 24.4 Å². The largest absolute Gasteiger partial charge is 0.444 e. The van der Waals surface area contributed by atoms with Gasteiger partial charge in [0.2, 0.25) is 21.8 Å². The molecule has 278 valence electrons. The van der Waals surface area contributed by atoms with Crippen molar-refractivity contribution in [2.45, 2.75) is 126 Å². The van der Waals surface area contributed by atoms with Crippen LogP contribution in [-0.2, 0) is 47.0 Å². The van der Waals surface area contributed by atoms with Crippen molar-refractivity contribution in [2.75, 3.05) is 6.54 Å². The Kier molecular flexibility index (Phi) is 10.1. The molecule has 5 atom stereocenters. The van der Waals surface area contributed by atoms with Gasteiger partial charge in [-0.15, -0.1) is 0 Å². The van der Waals surface area contributed by atoms with Crippen molar-refractivity contribution in [3.8, 4) is 0 Å². The summed E-state index contributed by atoms with van der Waals surface area (Å²) < 4.78 is 53.3. The van der Waals surface area contributed by atoms with E-state index >= 15 is 0 Å². The van der Waals surface area contributed by atoms with Crippen LogP contribution in [0, 0.1) is 11.7 Å². The van der Waals surface area contributed by atoms with E-state index in [-0.39, 0.29) is 38.9 Å². The third-order valence-corrected chi connectivity index (χ3v) is 11.8. The number of nitrogens with zero attached hydrogens (tertiary/aromatic N) is 2. The summed E-state index contributed by atoms with van der Waals surface area (Å²) in [5.41, 5.74) is -1.36. The molecule has 0 bridgehead atoms. The Bertz CT molecular complexity index is 1730. The van der Waals surface area contributed by atoms with E-state index in [1.807, 2.05) is 12.2 Å². The summed E-state index contributed by atoms with van der Waals surface area (Å²) >= 11 is 0. The fourth-order valence-corrected chi connectivity index (χ4v) is 8.39. The molecule has 3 heterocycles. The molecular weight excluding hydrogens is 685 g/mol. The fourth-order valence-electron chi connectivity index (χ4n) is 7.02.